The summed E-state index contributed by atoms with van der Waals surface area (Å²) in [6, 6.07) is 2.47. The zero-order chi connectivity index (χ0) is 15.5. The lowest BCUT2D eigenvalue weighted by Gasteiger charge is -2.11. The lowest BCUT2D eigenvalue weighted by Crippen LogP contribution is -2.30. The minimum atomic E-state index is -4.10. The fourth-order valence-electron chi connectivity index (χ4n) is 1.58. The van der Waals surface area contributed by atoms with Gasteiger partial charge in [0.1, 0.15) is 6.61 Å². The number of sulfonamides is 1. The topological polar surface area (TPSA) is 136 Å². The van der Waals surface area contributed by atoms with Gasteiger partial charge in [-0.1, -0.05) is 11.0 Å². The predicted molar refractivity (Wildman–Crippen MR) is 68.3 cm³/mol. The van der Waals surface area contributed by atoms with E-state index in [-0.39, 0.29) is 10.5 Å². The van der Waals surface area contributed by atoms with E-state index in [2.05, 4.69) is 4.84 Å². The molecule has 0 unspecified atom stereocenters. The second-order valence-electron chi connectivity index (χ2n) is 4.08. The number of rotatable bonds is 6. The monoisotopic (exact) mass is 302 g/mol. The quantitative estimate of drug-likeness (QED) is 0.617. The smallest absolute Gasteiger partial charge is 0.335 e. The number of aromatic carboxylic acids is 1. The predicted octanol–water partition coefficient (Wildman–Crippen LogP) is -0.303. The number of amides is 1. The average Bonchev–Trinajstić information content (AvgIpc) is 2.26. The third-order valence-corrected chi connectivity index (χ3v) is 3.78. The zero-order valence-electron chi connectivity index (χ0n) is 10.8. The summed E-state index contributed by atoms with van der Waals surface area (Å²) in [5.41, 5.74) is 5.45. The van der Waals surface area contributed by atoms with Gasteiger partial charge in [0, 0.05) is 0 Å². The van der Waals surface area contributed by atoms with Crippen LogP contribution in [-0.2, 0) is 19.7 Å². The largest absolute Gasteiger partial charge is 0.478 e. The van der Waals surface area contributed by atoms with Gasteiger partial charge in [-0.05, 0) is 31.0 Å². The van der Waals surface area contributed by atoms with Gasteiger partial charge in [-0.15, -0.1) is 0 Å². The molecule has 0 radical (unpaired) electrons. The number of hydrogen-bond donors (Lipinski definition) is 3. The SMILES string of the molecule is Cc1cc(C)c(S(=O)(=O)NOCC(N)=O)cc1C(=O)O. The molecule has 0 spiro atoms. The molecule has 0 fully saturated rings. The fraction of sp³-hybridized carbons (Fsp3) is 0.273. The first kappa shape index (κ1) is 16.1. The molecule has 0 aliphatic carbocycles. The average molecular weight is 302 g/mol. The number of nitrogens with two attached hydrogens (primary N) is 1. The van der Waals surface area contributed by atoms with Crippen molar-refractivity contribution in [3.05, 3.63) is 28.8 Å². The van der Waals surface area contributed by atoms with Gasteiger partial charge in [0.2, 0.25) is 5.91 Å². The van der Waals surface area contributed by atoms with Crippen molar-refractivity contribution < 1.29 is 28.0 Å². The van der Waals surface area contributed by atoms with Gasteiger partial charge >= 0.3 is 5.97 Å². The van der Waals surface area contributed by atoms with Crippen LogP contribution in [0.15, 0.2) is 17.0 Å². The molecule has 4 N–H and O–H groups in total. The molecule has 0 aromatic heterocycles. The van der Waals surface area contributed by atoms with Crippen LogP contribution in [0.5, 0.6) is 0 Å². The number of aryl methyl sites for hydroxylation is 2. The van der Waals surface area contributed by atoms with Crippen LogP contribution in [-0.4, -0.2) is 32.0 Å². The van der Waals surface area contributed by atoms with Crippen LogP contribution in [0.25, 0.3) is 0 Å². The number of carboxylic acid groups (broad SMARTS) is 1. The highest BCUT2D eigenvalue weighted by Gasteiger charge is 2.21. The van der Waals surface area contributed by atoms with Gasteiger partial charge in [0.15, 0.2) is 0 Å². The number of carboxylic acids is 1. The molecule has 110 valence electrons. The minimum absolute atomic E-state index is 0.133. The molecular weight excluding hydrogens is 288 g/mol. The summed E-state index contributed by atoms with van der Waals surface area (Å²) in [7, 11) is -4.10. The summed E-state index contributed by atoms with van der Waals surface area (Å²) in [6.45, 7) is 2.45. The Morgan fingerprint density at radius 1 is 1.30 bits per heavy atom. The van der Waals surface area contributed by atoms with Crippen LogP contribution in [0.4, 0.5) is 0 Å². The Hall–Kier alpha value is -1.97. The Morgan fingerprint density at radius 3 is 2.40 bits per heavy atom. The molecule has 20 heavy (non-hydrogen) atoms. The van der Waals surface area contributed by atoms with E-state index in [1.165, 1.54) is 13.0 Å². The van der Waals surface area contributed by atoms with Crippen molar-refractivity contribution in [1.29, 1.82) is 0 Å². The van der Waals surface area contributed by atoms with Crippen LogP contribution in [0.1, 0.15) is 21.5 Å². The minimum Gasteiger partial charge on any atom is -0.478 e. The van der Waals surface area contributed by atoms with E-state index in [0.29, 0.717) is 11.1 Å². The molecule has 0 aliphatic rings. The molecule has 9 heteroatoms. The summed E-state index contributed by atoms with van der Waals surface area (Å²) < 4.78 is 23.9. The van der Waals surface area contributed by atoms with Crippen molar-refractivity contribution in [1.82, 2.24) is 4.89 Å². The normalized spacial score (nSPS) is 11.3. The lowest BCUT2D eigenvalue weighted by atomic mass is 10.1. The molecule has 1 amide bonds. The second-order valence-corrected chi connectivity index (χ2v) is 5.69. The summed E-state index contributed by atoms with van der Waals surface area (Å²) in [6.07, 6.45) is 0. The molecule has 1 rings (SSSR count). The summed E-state index contributed by atoms with van der Waals surface area (Å²) >= 11 is 0. The highest BCUT2D eigenvalue weighted by molar-refractivity contribution is 7.89. The lowest BCUT2D eigenvalue weighted by molar-refractivity contribution is -0.123. The van der Waals surface area contributed by atoms with Crippen molar-refractivity contribution in [3.8, 4) is 0 Å². The number of nitrogens with one attached hydrogen (secondary N) is 1. The standard InChI is InChI=1S/C11H14N2O6S/c1-6-3-7(2)9(4-8(6)11(15)16)20(17,18)13-19-5-10(12)14/h3-4,13H,5H2,1-2H3,(H2,12,14)(H,15,16). The van der Waals surface area contributed by atoms with Gasteiger partial charge in [-0.3, -0.25) is 9.63 Å². The number of benzene rings is 1. The second kappa shape index (κ2) is 5.99. The molecule has 1 aromatic carbocycles. The van der Waals surface area contributed by atoms with Crippen LogP contribution in [0.2, 0.25) is 0 Å². The maximum absolute atomic E-state index is 11.9. The summed E-state index contributed by atoms with van der Waals surface area (Å²) in [5, 5.41) is 8.99. The Labute approximate surface area is 115 Å². The van der Waals surface area contributed by atoms with Gasteiger partial charge < -0.3 is 10.8 Å². The molecule has 0 atom stereocenters. The van der Waals surface area contributed by atoms with Gasteiger partial charge in [0.05, 0.1) is 10.5 Å². The summed E-state index contributed by atoms with van der Waals surface area (Å²) in [4.78, 5) is 27.4. The Bertz CT molecular complexity index is 653. The molecule has 0 bridgehead atoms. The highest BCUT2D eigenvalue weighted by atomic mass is 32.2. The van der Waals surface area contributed by atoms with E-state index in [0.717, 1.165) is 6.07 Å². The number of hydrogen-bond acceptors (Lipinski definition) is 5. The molecule has 8 nitrogen and oxygen atoms in total. The maximum atomic E-state index is 11.9. The fourth-order valence-corrected chi connectivity index (χ4v) is 2.64. The van der Waals surface area contributed by atoms with Crippen molar-refractivity contribution in [2.24, 2.45) is 5.73 Å². The van der Waals surface area contributed by atoms with E-state index >= 15 is 0 Å². The Balaban J connectivity index is 3.14. The van der Waals surface area contributed by atoms with E-state index in [9.17, 15) is 18.0 Å². The first-order valence-corrected chi connectivity index (χ1v) is 6.90. The Kier molecular flexibility index (Phi) is 4.82. The van der Waals surface area contributed by atoms with Gasteiger partial charge in [-0.2, -0.15) is 0 Å². The van der Waals surface area contributed by atoms with E-state index < -0.39 is 28.5 Å². The van der Waals surface area contributed by atoms with E-state index in [1.807, 2.05) is 0 Å². The highest BCUT2D eigenvalue weighted by Crippen LogP contribution is 2.20. The molecule has 0 heterocycles. The first-order valence-electron chi connectivity index (χ1n) is 5.41. The zero-order valence-corrected chi connectivity index (χ0v) is 11.7. The van der Waals surface area contributed by atoms with Crippen molar-refractivity contribution in [2.45, 2.75) is 18.7 Å². The molecule has 0 aliphatic heterocycles. The molecule has 0 saturated carbocycles. The number of primary amides is 1. The third-order valence-electron chi connectivity index (χ3n) is 2.42. The van der Waals surface area contributed by atoms with Crippen molar-refractivity contribution >= 4 is 21.9 Å². The van der Waals surface area contributed by atoms with Crippen LogP contribution < -0.4 is 10.6 Å². The van der Waals surface area contributed by atoms with E-state index in [4.69, 9.17) is 10.8 Å². The van der Waals surface area contributed by atoms with Crippen molar-refractivity contribution in [2.75, 3.05) is 6.61 Å². The Morgan fingerprint density at radius 2 is 1.90 bits per heavy atom. The van der Waals surface area contributed by atoms with Gasteiger partial charge in [0.25, 0.3) is 10.0 Å². The number of carbonyl (C=O) groups is 2. The maximum Gasteiger partial charge on any atom is 0.335 e. The summed E-state index contributed by atoms with van der Waals surface area (Å²) in [5.74, 6) is -2.09. The first-order chi connectivity index (χ1) is 9.15. The van der Waals surface area contributed by atoms with E-state index in [1.54, 1.807) is 11.8 Å². The molecular formula is C11H14N2O6S. The van der Waals surface area contributed by atoms with Gasteiger partial charge in [-0.25, -0.2) is 13.2 Å². The van der Waals surface area contributed by atoms with Crippen LogP contribution in [0.3, 0.4) is 0 Å². The third kappa shape index (κ3) is 3.76. The van der Waals surface area contributed by atoms with Crippen LogP contribution >= 0.6 is 0 Å². The van der Waals surface area contributed by atoms with Crippen LogP contribution in [0, 0.1) is 13.8 Å². The number of carbonyl (C=O) groups excluding carboxylic acids is 1. The van der Waals surface area contributed by atoms with Crippen molar-refractivity contribution in [3.63, 3.8) is 0 Å². The molecule has 0 saturated heterocycles. The molecule has 1 aromatic rings.